The quantitative estimate of drug-likeness (QED) is 0.652. The van der Waals surface area contributed by atoms with Crippen LogP contribution in [0.3, 0.4) is 0 Å². The number of hydrogen-bond acceptors (Lipinski definition) is 2. The molecule has 2 rings (SSSR count). The van der Waals surface area contributed by atoms with Crippen molar-refractivity contribution in [2.24, 2.45) is 5.73 Å². The molecule has 0 bridgehead atoms. The summed E-state index contributed by atoms with van der Waals surface area (Å²) in [5.41, 5.74) is 9.14. The molecule has 0 saturated carbocycles. The fraction of sp³-hybridized carbons (Fsp3) is 0.188. The van der Waals surface area contributed by atoms with Crippen molar-refractivity contribution in [3.63, 3.8) is 0 Å². The van der Waals surface area contributed by atoms with Crippen molar-refractivity contribution < 1.29 is 4.74 Å². The second-order valence-electron chi connectivity index (χ2n) is 4.88. The summed E-state index contributed by atoms with van der Waals surface area (Å²) in [6, 6.07) is 9.29. The van der Waals surface area contributed by atoms with E-state index in [2.05, 4.69) is 0 Å². The van der Waals surface area contributed by atoms with Crippen LogP contribution in [-0.4, -0.2) is 5.84 Å². The lowest BCUT2D eigenvalue weighted by Crippen LogP contribution is -2.12. The lowest BCUT2D eigenvalue weighted by Gasteiger charge is -2.15. The van der Waals surface area contributed by atoms with Crippen molar-refractivity contribution in [3.8, 4) is 11.5 Å². The summed E-state index contributed by atoms with van der Waals surface area (Å²) < 4.78 is 5.99. The van der Waals surface area contributed by atoms with E-state index in [-0.39, 0.29) is 5.84 Å². The van der Waals surface area contributed by atoms with Gasteiger partial charge in [0.2, 0.25) is 0 Å². The number of hydrogen-bond donors (Lipinski definition) is 2. The van der Waals surface area contributed by atoms with Crippen molar-refractivity contribution in [2.45, 2.75) is 20.8 Å². The van der Waals surface area contributed by atoms with E-state index in [0.29, 0.717) is 16.3 Å². The summed E-state index contributed by atoms with van der Waals surface area (Å²) in [6.45, 7) is 5.85. The molecule has 0 saturated heterocycles. The minimum absolute atomic E-state index is 0.00994. The molecule has 104 valence electrons. The summed E-state index contributed by atoms with van der Waals surface area (Å²) in [5, 5.41) is 8.31. The summed E-state index contributed by atoms with van der Waals surface area (Å²) in [4.78, 5) is 0. The van der Waals surface area contributed by atoms with Crippen LogP contribution in [0.25, 0.3) is 0 Å². The number of benzene rings is 2. The number of amidine groups is 1. The Labute approximate surface area is 123 Å². The van der Waals surface area contributed by atoms with Crippen LogP contribution in [0.2, 0.25) is 5.02 Å². The highest BCUT2D eigenvalue weighted by molar-refractivity contribution is 6.30. The van der Waals surface area contributed by atoms with E-state index in [9.17, 15) is 0 Å². The molecule has 0 amide bonds. The number of nitrogen functional groups attached to an aromatic ring is 1. The molecule has 0 aromatic heterocycles. The van der Waals surface area contributed by atoms with Gasteiger partial charge in [0.25, 0.3) is 0 Å². The van der Waals surface area contributed by atoms with E-state index in [4.69, 9.17) is 27.5 Å². The molecule has 3 N–H and O–H groups in total. The van der Waals surface area contributed by atoms with Crippen LogP contribution in [0, 0.1) is 26.2 Å². The lowest BCUT2D eigenvalue weighted by atomic mass is 10.1. The van der Waals surface area contributed by atoms with Crippen molar-refractivity contribution in [1.82, 2.24) is 0 Å². The molecule has 0 atom stereocenters. The van der Waals surface area contributed by atoms with Gasteiger partial charge in [0.1, 0.15) is 17.3 Å². The Balaban J connectivity index is 2.50. The third-order valence-electron chi connectivity index (χ3n) is 3.06. The molecule has 0 aliphatic heterocycles. The number of halogens is 1. The van der Waals surface area contributed by atoms with Crippen molar-refractivity contribution in [1.29, 1.82) is 5.41 Å². The molecule has 0 radical (unpaired) electrons. The van der Waals surface area contributed by atoms with E-state index in [1.807, 2.05) is 45.0 Å². The molecular formula is C16H17ClN2O. The van der Waals surface area contributed by atoms with Crippen molar-refractivity contribution in [3.05, 3.63) is 57.6 Å². The van der Waals surface area contributed by atoms with Gasteiger partial charge in [0, 0.05) is 5.02 Å². The smallest absolute Gasteiger partial charge is 0.138 e. The zero-order valence-corrected chi connectivity index (χ0v) is 12.5. The molecule has 3 nitrogen and oxygen atoms in total. The van der Waals surface area contributed by atoms with Crippen LogP contribution in [0.5, 0.6) is 11.5 Å². The largest absolute Gasteiger partial charge is 0.456 e. The van der Waals surface area contributed by atoms with E-state index < -0.39 is 0 Å². The normalized spacial score (nSPS) is 10.4. The van der Waals surface area contributed by atoms with Crippen LogP contribution >= 0.6 is 11.6 Å². The maximum absolute atomic E-state index is 7.63. The summed E-state index contributed by atoms with van der Waals surface area (Å²) in [7, 11) is 0. The van der Waals surface area contributed by atoms with Gasteiger partial charge >= 0.3 is 0 Å². The van der Waals surface area contributed by atoms with Gasteiger partial charge in [-0.25, -0.2) is 0 Å². The molecule has 0 aliphatic carbocycles. The first kappa shape index (κ1) is 14.4. The predicted molar refractivity (Wildman–Crippen MR) is 83.2 cm³/mol. The van der Waals surface area contributed by atoms with E-state index in [1.54, 1.807) is 6.07 Å². The zero-order valence-electron chi connectivity index (χ0n) is 11.8. The molecular weight excluding hydrogens is 272 g/mol. The van der Waals surface area contributed by atoms with Crippen LogP contribution < -0.4 is 10.5 Å². The van der Waals surface area contributed by atoms with Crippen molar-refractivity contribution >= 4 is 17.4 Å². The Morgan fingerprint density at radius 2 is 1.70 bits per heavy atom. The third-order valence-corrected chi connectivity index (χ3v) is 3.28. The highest BCUT2D eigenvalue weighted by atomic mass is 35.5. The Hall–Kier alpha value is -2.00. The minimum Gasteiger partial charge on any atom is -0.456 e. The van der Waals surface area contributed by atoms with E-state index in [1.165, 1.54) is 0 Å². The SMILES string of the molecule is Cc1ccc(C(=N)N)c(Oc2c(C)cc(Cl)cc2C)c1. The molecule has 0 unspecified atom stereocenters. The van der Waals surface area contributed by atoms with Gasteiger partial charge in [-0.1, -0.05) is 17.7 Å². The third kappa shape index (κ3) is 2.94. The summed E-state index contributed by atoms with van der Waals surface area (Å²) in [6.07, 6.45) is 0. The second kappa shape index (κ2) is 5.55. The van der Waals surface area contributed by atoms with Gasteiger partial charge in [-0.2, -0.15) is 0 Å². The average molecular weight is 289 g/mol. The van der Waals surface area contributed by atoms with Gasteiger partial charge in [0.05, 0.1) is 5.56 Å². The first-order valence-electron chi connectivity index (χ1n) is 6.28. The number of ether oxygens (including phenoxy) is 1. The standard InChI is InChI=1S/C16H17ClN2O/c1-9-4-5-13(16(18)19)14(6-9)20-15-10(2)7-12(17)8-11(15)3/h4-8H,1-3H3,(H3,18,19). The second-order valence-corrected chi connectivity index (χ2v) is 5.32. The molecule has 2 aromatic rings. The van der Waals surface area contributed by atoms with Gasteiger partial charge in [-0.05, 0) is 61.7 Å². The topological polar surface area (TPSA) is 59.1 Å². The summed E-state index contributed by atoms with van der Waals surface area (Å²) >= 11 is 6.02. The molecule has 0 heterocycles. The maximum Gasteiger partial charge on any atom is 0.138 e. The monoisotopic (exact) mass is 288 g/mol. The van der Waals surface area contributed by atoms with Crippen LogP contribution in [0.4, 0.5) is 0 Å². The molecule has 0 fully saturated rings. The van der Waals surface area contributed by atoms with Gasteiger partial charge in [0.15, 0.2) is 0 Å². The molecule has 4 heteroatoms. The average Bonchev–Trinajstić information content (AvgIpc) is 2.33. The molecule has 0 spiro atoms. The van der Waals surface area contributed by atoms with Gasteiger partial charge < -0.3 is 10.5 Å². The molecule has 0 aliphatic rings. The van der Waals surface area contributed by atoms with Gasteiger partial charge in [-0.15, -0.1) is 0 Å². The number of rotatable bonds is 3. The Kier molecular flexibility index (Phi) is 4.00. The van der Waals surface area contributed by atoms with E-state index in [0.717, 1.165) is 22.4 Å². The fourth-order valence-corrected chi connectivity index (χ4v) is 2.43. The maximum atomic E-state index is 7.63. The minimum atomic E-state index is -0.00994. The Morgan fingerprint density at radius 3 is 2.25 bits per heavy atom. The van der Waals surface area contributed by atoms with Gasteiger partial charge in [-0.3, -0.25) is 5.41 Å². The van der Waals surface area contributed by atoms with E-state index >= 15 is 0 Å². The van der Waals surface area contributed by atoms with Crippen LogP contribution in [0.15, 0.2) is 30.3 Å². The fourth-order valence-electron chi connectivity index (χ4n) is 2.10. The Bertz CT molecular complexity index is 657. The summed E-state index contributed by atoms with van der Waals surface area (Å²) in [5.74, 6) is 1.33. The van der Waals surface area contributed by atoms with Crippen LogP contribution in [-0.2, 0) is 0 Å². The van der Waals surface area contributed by atoms with Crippen LogP contribution in [0.1, 0.15) is 22.3 Å². The number of aryl methyl sites for hydroxylation is 3. The molecule has 20 heavy (non-hydrogen) atoms. The first-order valence-corrected chi connectivity index (χ1v) is 6.66. The highest BCUT2D eigenvalue weighted by Gasteiger charge is 2.12. The first-order chi connectivity index (χ1) is 9.38. The zero-order chi connectivity index (χ0) is 14.9. The van der Waals surface area contributed by atoms with Crippen molar-refractivity contribution in [2.75, 3.05) is 0 Å². The highest BCUT2D eigenvalue weighted by Crippen LogP contribution is 2.33. The molecule has 2 aromatic carbocycles. The number of nitrogens with one attached hydrogen (secondary N) is 1. The lowest BCUT2D eigenvalue weighted by molar-refractivity contribution is 0.473. The Morgan fingerprint density at radius 1 is 1.10 bits per heavy atom. The predicted octanol–water partition coefficient (Wildman–Crippen LogP) is 4.34. The number of nitrogens with two attached hydrogens (primary N) is 1.